The molecule has 1 aliphatic rings. The van der Waals surface area contributed by atoms with Crippen LogP contribution in [-0.2, 0) is 10.2 Å². The number of benzene rings is 1. The molecule has 20 heavy (non-hydrogen) atoms. The van der Waals surface area contributed by atoms with Crippen LogP contribution in [0.4, 0.5) is 0 Å². The highest BCUT2D eigenvalue weighted by Gasteiger charge is 2.37. The first-order chi connectivity index (χ1) is 9.34. The van der Waals surface area contributed by atoms with E-state index in [0.717, 1.165) is 19.3 Å². The van der Waals surface area contributed by atoms with Gasteiger partial charge in [-0.25, -0.2) is 0 Å². The van der Waals surface area contributed by atoms with Gasteiger partial charge in [0.2, 0.25) is 0 Å². The Kier molecular flexibility index (Phi) is 4.52. The van der Waals surface area contributed by atoms with Gasteiger partial charge in [-0.3, -0.25) is 0 Å². The molecule has 112 valence electrons. The molecule has 2 rings (SSSR count). The predicted octanol–water partition coefficient (Wildman–Crippen LogP) is 2.37. The van der Waals surface area contributed by atoms with Crippen molar-refractivity contribution in [2.75, 3.05) is 21.1 Å². The van der Waals surface area contributed by atoms with Crippen LogP contribution < -0.4 is 0 Å². The molecular weight excluding hydrogens is 272 g/mol. The van der Waals surface area contributed by atoms with Gasteiger partial charge in [0.1, 0.15) is 0 Å². The highest BCUT2D eigenvalue weighted by Crippen LogP contribution is 2.38. The molecule has 0 aromatic heterocycles. The summed E-state index contributed by atoms with van der Waals surface area (Å²) in [7, 11) is 1.53. The molecule has 1 saturated carbocycles. The Hall–Kier alpha value is -0.910. The topological polar surface area (TPSA) is 40.6 Å². The molecule has 5 heteroatoms. The second kappa shape index (κ2) is 5.84. The number of nitrogens with zero attached hydrogens (tertiary/aromatic N) is 2. The van der Waals surface area contributed by atoms with E-state index in [0.29, 0.717) is 5.92 Å². The van der Waals surface area contributed by atoms with Crippen molar-refractivity contribution in [2.24, 2.45) is 0 Å². The fraction of sp³-hybridized carbons (Fsp3) is 0.600. The highest BCUT2D eigenvalue weighted by molar-refractivity contribution is 7.86. The van der Waals surface area contributed by atoms with E-state index < -0.39 is 10.2 Å². The zero-order valence-electron chi connectivity index (χ0n) is 12.7. The van der Waals surface area contributed by atoms with E-state index in [1.165, 1.54) is 15.4 Å². The highest BCUT2D eigenvalue weighted by atomic mass is 32.2. The average Bonchev–Trinajstić information content (AvgIpc) is 2.87. The van der Waals surface area contributed by atoms with Gasteiger partial charge in [0.05, 0.1) is 0 Å². The van der Waals surface area contributed by atoms with Crippen molar-refractivity contribution in [1.82, 2.24) is 8.61 Å². The van der Waals surface area contributed by atoms with Crippen LogP contribution in [0.2, 0.25) is 0 Å². The summed E-state index contributed by atoms with van der Waals surface area (Å²) in [4.78, 5) is 0. The molecule has 0 saturated heterocycles. The van der Waals surface area contributed by atoms with Gasteiger partial charge in [0.25, 0.3) is 10.2 Å². The second-order valence-corrected chi connectivity index (χ2v) is 8.02. The van der Waals surface area contributed by atoms with Crippen molar-refractivity contribution in [3.05, 3.63) is 35.4 Å². The average molecular weight is 296 g/mol. The number of aryl methyl sites for hydroxylation is 1. The molecule has 0 spiro atoms. The monoisotopic (exact) mass is 296 g/mol. The molecule has 2 atom stereocenters. The second-order valence-electron chi connectivity index (χ2n) is 5.82. The van der Waals surface area contributed by atoms with Crippen LogP contribution in [0.25, 0.3) is 0 Å². The van der Waals surface area contributed by atoms with Crippen molar-refractivity contribution >= 4 is 10.2 Å². The molecule has 0 amide bonds. The molecule has 0 N–H and O–H groups in total. The summed E-state index contributed by atoms with van der Waals surface area (Å²) in [5.74, 6) is 0.301. The summed E-state index contributed by atoms with van der Waals surface area (Å²) in [5.41, 5.74) is 2.48. The lowest BCUT2D eigenvalue weighted by Crippen LogP contribution is -2.44. The molecule has 0 radical (unpaired) electrons. The van der Waals surface area contributed by atoms with Crippen molar-refractivity contribution in [3.63, 3.8) is 0 Å². The van der Waals surface area contributed by atoms with Crippen LogP contribution in [0.3, 0.4) is 0 Å². The number of hydrogen-bond donors (Lipinski definition) is 0. The van der Waals surface area contributed by atoms with Gasteiger partial charge in [-0.15, -0.1) is 0 Å². The van der Waals surface area contributed by atoms with Crippen molar-refractivity contribution in [1.29, 1.82) is 0 Å². The van der Waals surface area contributed by atoms with Crippen LogP contribution >= 0.6 is 0 Å². The Bertz CT molecular complexity index is 552. The summed E-state index contributed by atoms with van der Waals surface area (Å²) in [6.07, 6.45) is 3.07. The maximum Gasteiger partial charge on any atom is 0.281 e. The molecule has 0 unspecified atom stereocenters. The molecule has 1 fully saturated rings. The van der Waals surface area contributed by atoms with E-state index in [1.807, 2.05) is 0 Å². The van der Waals surface area contributed by atoms with Crippen LogP contribution in [0.1, 0.15) is 36.3 Å². The standard InChI is InChI=1S/C15H24N2O2S/c1-12-8-10-13(11-9-12)14-6-5-7-15(14)17(4)20(18,19)16(2)3/h8-11,14-15H,5-7H2,1-4H3/t14-,15+/m1/s1. The van der Waals surface area contributed by atoms with E-state index >= 15 is 0 Å². The smallest absolute Gasteiger partial charge is 0.195 e. The van der Waals surface area contributed by atoms with Crippen LogP contribution in [0, 0.1) is 6.92 Å². The molecule has 4 nitrogen and oxygen atoms in total. The van der Waals surface area contributed by atoms with E-state index in [-0.39, 0.29) is 6.04 Å². The Balaban J connectivity index is 2.25. The third-order valence-corrected chi connectivity index (χ3v) is 6.20. The van der Waals surface area contributed by atoms with Gasteiger partial charge in [-0.05, 0) is 25.3 Å². The third-order valence-electron chi connectivity index (χ3n) is 4.28. The predicted molar refractivity (Wildman–Crippen MR) is 81.9 cm³/mol. The maximum absolute atomic E-state index is 12.3. The Morgan fingerprint density at radius 2 is 1.65 bits per heavy atom. The van der Waals surface area contributed by atoms with Gasteiger partial charge in [-0.1, -0.05) is 36.2 Å². The van der Waals surface area contributed by atoms with Crippen LogP contribution in [0.5, 0.6) is 0 Å². The minimum absolute atomic E-state index is 0.0603. The largest absolute Gasteiger partial charge is 0.281 e. The fourth-order valence-electron chi connectivity index (χ4n) is 3.01. The minimum Gasteiger partial charge on any atom is -0.195 e. The Labute approximate surface area is 122 Å². The van der Waals surface area contributed by atoms with Gasteiger partial charge in [0, 0.05) is 33.1 Å². The quantitative estimate of drug-likeness (QED) is 0.856. The van der Waals surface area contributed by atoms with Crippen molar-refractivity contribution < 1.29 is 8.42 Å². The lowest BCUT2D eigenvalue weighted by Gasteiger charge is -2.31. The maximum atomic E-state index is 12.3. The summed E-state index contributed by atoms with van der Waals surface area (Å²) >= 11 is 0. The summed E-state index contributed by atoms with van der Waals surface area (Å²) in [6.45, 7) is 2.07. The van der Waals surface area contributed by atoms with Crippen LogP contribution in [-0.4, -0.2) is 44.2 Å². The van der Waals surface area contributed by atoms with Crippen molar-refractivity contribution in [3.8, 4) is 0 Å². The van der Waals surface area contributed by atoms with E-state index in [9.17, 15) is 8.42 Å². The van der Waals surface area contributed by atoms with Gasteiger partial charge in [0.15, 0.2) is 0 Å². The number of rotatable bonds is 4. The van der Waals surface area contributed by atoms with Gasteiger partial charge < -0.3 is 0 Å². The first-order valence-electron chi connectivity index (χ1n) is 7.06. The Morgan fingerprint density at radius 1 is 1.05 bits per heavy atom. The van der Waals surface area contributed by atoms with Crippen molar-refractivity contribution in [2.45, 2.75) is 38.1 Å². The molecule has 1 aromatic carbocycles. The lowest BCUT2D eigenvalue weighted by atomic mass is 9.93. The van der Waals surface area contributed by atoms with E-state index in [2.05, 4.69) is 31.2 Å². The third kappa shape index (κ3) is 2.90. The summed E-state index contributed by atoms with van der Waals surface area (Å²) in [5, 5.41) is 0. The van der Waals surface area contributed by atoms with E-state index in [1.54, 1.807) is 25.4 Å². The number of hydrogen-bond acceptors (Lipinski definition) is 2. The fourth-order valence-corrected chi connectivity index (χ4v) is 4.12. The first-order valence-corrected chi connectivity index (χ1v) is 8.46. The molecular formula is C15H24N2O2S. The lowest BCUT2D eigenvalue weighted by molar-refractivity contribution is 0.324. The molecule has 0 bridgehead atoms. The first kappa shape index (κ1) is 15.5. The Morgan fingerprint density at radius 3 is 2.20 bits per heavy atom. The van der Waals surface area contributed by atoms with Crippen LogP contribution in [0.15, 0.2) is 24.3 Å². The van der Waals surface area contributed by atoms with E-state index in [4.69, 9.17) is 0 Å². The van der Waals surface area contributed by atoms with Gasteiger partial charge >= 0.3 is 0 Å². The molecule has 0 heterocycles. The molecule has 1 aromatic rings. The minimum atomic E-state index is -3.34. The number of likely N-dealkylation sites (N-methyl/N-ethyl adjacent to an activating group) is 1. The summed E-state index contributed by atoms with van der Waals surface area (Å²) < 4.78 is 27.4. The zero-order valence-corrected chi connectivity index (χ0v) is 13.5. The SMILES string of the molecule is Cc1ccc([C@H]2CCC[C@@H]2N(C)S(=O)(=O)N(C)C)cc1. The molecule has 1 aliphatic carbocycles. The normalized spacial score (nSPS) is 23.7. The molecule has 0 aliphatic heterocycles. The zero-order chi connectivity index (χ0) is 14.9. The van der Waals surface area contributed by atoms with Gasteiger partial charge in [-0.2, -0.15) is 17.0 Å². The summed E-state index contributed by atoms with van der Waals surface area (Å²) in [6, 6.07) is 8.53.